The quantitative estimate of drug-likeness (QED) is 0.529. The van der Waals surface area contributed by atoms with Crippen LogP contribution in [-0.4, -0.2) is 37.1 Å². The number of nitrogens with two attached hydrogens (primary N) is 1. The molecule has 0 unspecified atom stereocenters. The largest absolute Gasteiger partial charge is 0.434 e. The van der Waals surface area contributed by atoms with E-state index in [2.05, 4.69) is 30.1 Å². The van der Waals surface area contributed by atoms with Crippen LogP contribution in [0.1, 0.15) is 5.69 Å². The zero-order chi connectivity index (χ0) is 20.6. The summed E-state index contributed by atoms with van der Waals surface area (Å²) in [6.45, 7) is 0. The number of benzene rings is 1. The van der Waals surface area contributed by atoms with Crippen molar-refractivity contribution in [2.45, 2.75) is 6.18 Å². The van der Waals surface area contributed by atoms with E-state index in [1.807, 2.05) is 30.3 Å². The zero-order valence-corrected chi connectivity index (χ0v) is 15.4. The standard InChI is InChI=1S/C16H11F3N8OS/c1-27(8-5-3-2-4-6-8)15-24-10(23-14(20)25-15)11-22-12(28-26-11)13-21-9(7-29-13)16(17,18)19/h2-7H,1H3,(H2,20,23,24,25). The monoisotopic (exact) mass is 420 g/mol. The summed E-state index contributed by atoms with van der Waals surface area (Å²) >= 11 is 0.733. The number of thiazole rings is 1. The van der Waals surface area contributed by atoms with E-state index in [1.54, 1.807) is 11.9 Å². The molecule has 4 rings (SSSR count). The van der Waals surface area contributed by atoms with Crippen LogP contribution in [-0.2, 0) is 6.18 Å². The Morgan fingerprint density at radius 2 is 1.76 bits per heavy atom. The number of nitrogens with zero attached hydrogens (tertiary/aromatic N) is 7. The fourth-order valence-electron chi connectivity index (χ4n) is 2.30. The molecule has 0 radical (unpaired) electrons. The number of hydrogen-bond acceptors (Lipinski definition) is 10. The van der Waals surface area contributed by atoms with Gasteiger partial charge in [0.1, 0.15) is 0 Å². The third-order valence-corrected chi connectivity index (χ3v) is 4.52. The summed E-state index contributed by atoms with van der Waals surface area (Å²) < 4.78 is 43.2. The Morgan fingerprint density at radius 1 is 1.00 bits per heavy atom. The Balaban J connectivity index is 1.66. The molecule has 0 spiro atoms. The van der Waals surface area contributed by atoms with Gasteiger partial charge in [0.2, 0.25) is 23.5 Å². The average molecular weight is 420 g/mol. The number of aromatic nitrogens is 6. The van der Waals surface area contributed by atoms with Crippen molar-refractivity contribution < 1.29 is 17.7 Å². The highest BCUT2D eigenvalue weighted by Gasteiger charge is 2.34. The van der Waals surface area contributed by atoms with E-state index in [-0.39, 0.29) is 34.4 Å². The van der Waals surface area contributed by atoms with E-state index in [0.29, 0.717) is 0 Å². The van der Waals surface area contributed by atoms with Crippen molar-refractivity contribution in [3.63, 3.8) is 0 Å². The van der Waals surface area contributed by atoms with Crippen LogP contribution in [0.5, 0.6) is 0 Å². The van der Waals surface area contributed by atoms with Crippen molar-refractivity contribution in [3.8, 4) is 22.5 Å². The molecule has 0 saturated carbocycles. The summed E-state index contributed by atoms with van der Waals surface area (Å²) in [6, 6.07) is 9.28. The number of rotatable bonds is 4. The molecule has 0 saturated heterocycles. The minimum Gasteiger partial charge on any atom is -0.368 e. The molecule has 0 aliphatic rings. The van der Waals surface area contributed by atoms with Crippen LogP contribution < -0.4 is 10.6 Å². The molecule has 3 heterocycles. The molecule has 148 valence electrons. The summed E-state index contributed by atoms with van der Waals surface area (Å²) in [6.07, 6.45) is -4.56. The first-order chi connectivity index (χ1) is 13.8. The van der Waals surface area contributed by atoms with Crippen LogP contribution >= 0.6 is 11.3 Å². The van der Waals surface area contributed by atoms with Gasteiger partial charge in [-0.15, -0.1) is 11.3 Å². The smallest absolute Gasteiger partial charge is 0.368 e. The molecule has 1 aromatic carbocycles. The summed E-state index contributed by atoms with van der Waals surface area (Å²) in [5.41, 5.74) is 5.54. The van der Waals surface area contributed by atoms with Crippen molar-refractivity contribution in [1.29, 1.82) is 0 Å². The molecule has 0 aliphatic carbocycles. The lowest BCUT2D eigenvalue weighted by molar-refractivity contribution is -0.140. The van der Waals surface area contributed by atoms with Crippen LogP contribution in [0.4, 0.5) is 30.8 Å². The minimum atomic E-state index is -4.56. The lowest BCUT2D eigenvalue weighted by Crippen LogP contribution is -2.15. The van der Waals surface area contributed by atoms with Crippen molar-refractivity contribution in [3.05, 3.63) is 41.4 Å². The normalized spacial score (nSPS) is 11.6. The first kappa shape index (κ1) is 18.7. The first-order valence-corrected chi connectivity index (χ1v) is 8.87. The van der Waals surface area contributed by atoms with Gasteiger partial charge in [0, 0.05) is 18.1 Å². The summed E-state index contributed by atoms with van der Waals surface area (Å²) in [5, 5.41) is 4.52. The Labute approximate surface area is 165 Å². The third kappa shape index (κ3) is 3.85. The van der Waals surface area contributed by atoms with Gasteiger partial charge < -0.3 is 15.2 Å². The van der Waals surface area contributed by atoms with E-state index in [9.17, 15) is 13.2 Å². The van der Waals surface area contributed by atoms with Crippen molar-refractivity contribution in [2.24, 2.45) is 0 Å². The Bertz CT molecular complexity index is 1140. The molecule has 0 bridgehead atoms. The number of anilines is 3. The fourth-order valence-corrected chi connectivity index (χ4v) is 3.05. The van der Waals surface area contributed by atoms with Gasteiger partial charge >= 0.3 is 6.18 Å². The van der Waals surface area contributed by atoms with Crippen molar-refractivity contribution in [1.82, 2.24) is 30.1 Å². The number of para-hydroxylation sites is 1. The topological polar surface area (TPSA) is 120 Å². The van der Waals surface area contributed by atoms with Crippen LogP contribution in [0.3, 0.4) is 0 Å². The maximum atomic E-state index is 12.7. The molecule has 4 aromatic rings. The Kier molecular flexibility index (Phi) is 4.58. The van der Waals surface area contributed by atoms with E-state index in [1.165, 1.54) is 0 Å². The molecular weight excluding hydrogens is 409 g/mol. The highest BCUT2D eigenvalue weighted by atomic mass is 32.1. The molecule has 3 aromatic heterocycles. The molecule has 29 heavy (non-hydrogen) atoms. The first-order valence-electron chi connectivity index (χ1n) is 7.99. The van der Waals surface area contributed by atoms with Crippen LogP contribution in [0, 0.1) is 0 Å². The molecule has 2 N–H and O–H groups in total. The highest BCUT2D eigenvalue weighted by Crippen LogP contribution is 2.33. The van der Waals surface area contributed by atoms with E-state index >= 15 is 0 Å². The second-order valence-corrected chi connectivity index (χ2v) is 6.53. The van der Waals surface area contributed by atoms with Gasteiger partial charge in [0.25, 0.3) is 5.89 Å². The maximum Gasteiger partial charge on any atom is 0.434 e. The summed E-state index contributed by atoms with van der Waals surface area (Å²) in [5.74, 6) is -0.0673. The maximum absolute atomic E-state index is 12.7. The Hall–Kier alpha value is -3.61. The zero-order valence-electron chi connectivity index (χ0n) is 14.6. The molecule has 9 nitrogen and oxygen atoms in total. The molecule has 0 fully saturated rings. The number of nitrogen functional groups attached to an aromatic ring is 1. The minimum absolute atomic E-state index is 0.0119. The average Bonchev–Trinajstić information content (AvgIpc) is 3.37. The van der Waals surface area contributed by atoms with Gasteiger partial charge in [-0.3, -0.25) is 0 Å². The van der Waals surface area contributed by atoms with E-state index < -0.39 is 11.9 Å². The van der Waals surface area contributed by atoms with Crippen molar-refractivity contribution in [2.75, 3.05) is 17.7 Å². The van der Waals surface area contributed by atoms with Gasteiger partial charge in [-0.2, -0.15) is 33.1 Å². The van der Waals surface area contributed by atoms with Gasteiger partial charge in [0.15, 0.2) is 10.7 Å². The predicted molar refractivity (Wildman–Crippen MR) is 98.1 cm³/mol. The SMILES string of the molecule is CN(c1ccccc1)c1nc(N)nc(-c2noc(-c3nc(C(F)(F)F)cs3)n2)n1. The van der Waals surface area contributed by atoms with Crippen LogP contribution in [0.15, 0.2) is 40.2 Å². The number of hydrogen-bond donors (Lipinski definition) is 1. The van der Waals surface area contributed by atoms with Crippen LogP contribution in [0.2, 0.25) is 0 Å². The summed E-state index contributed by atoms with van der Waals surface area (Å²) in [7, 11) is 1.74. The highest BCUT2D eigenvalue weighted by molar-refractivity contribution is 7.13. The fraction of sp³-hybridized carbons (Fsp3) is 0.125. The number of alkyl halides is 3. The van der Waals surface area contributed by atoms with E-state index in [0.717, 1.165) is 22.4 Å². The number of halogens is 3. The second kappa shape index (κ2) is 7.09. The molecule has 0 amide bonds. The van der Waals surface area contributed by atoms with Gasteiger partial charge in [-0.25, -0.2) is 4.98 Å². The Morgan fingerprint density at radius 3 is 2.45 bits per heavy atom. The molecular formula is C16H11F3N8OS. The summed E-state index contributed by atoms with van der Waals surface area (Å²) in [4.78, 5) is 21.5. The third-order valence-electron chi connectivity index (χ3n) is 3.69. The molecule has 0 aliphatic heterocycles. The predicted octanol–water partition coefficient (Wildman–Crippen LogP) is 3.41. The molecule has 0 atom stereocenters. The second-order valence-electron chi connectivity index (χ2n) is 5.67. The molecule has 13 heteroatoms. The van der Waals surface area contributed by atoms with Gasteiger partial charge in [0.05, 0.1) is 0 Å². The van der Waals surface area contributed by atoms with E-state index in [4.69, 9.17) is 10.3 Å². The van der Waals surface area contributed by atoms with Gasteiger partial charge in [-0.05, 0) is 12.1 Å². The lowest BCUT2D eigenvalue weighted by atomic mass is 10.3. The van der Waals surface area contributed by atoms with Gasteiger partial charge in [-0.1, -0.05) is 23.4 Å². The van der Waals surface area contributed by atoms with Crippen molar-refractivity contribution >= 4 is 28.9 Å². The van der Waals surface area contributed by atoms with Crippen LogP contribution in [0.25, 0.3) is 22.5 Å². The lowest BCUT2D eigenvalue weighted by Gasteiger charge is -2.17.